The van der Waals surface area contributed by atoms with E-state index in [0.717, 1.165) is 10.1 Å². The van der Waals surface area contributed by atoms with Gasteiger partial charge in [-0.2, -0.15) is 0 Å². The van der Waals surface area contributed by atoms with Crippen molar-refractivity contribution in [3.05, 3.63) is 74.9 Å². The van der Waals surface area contributed by atoms with E-state index in [4.69, 9.17) is 0 Å². The number of nitrogens with one attached hydrogen (secondary N) is 1. The Morgan fingerprint density at radius 3 is 2.53 bits per heavy atom. The summed E-state index contributed by atoms with van der Waals surface area (Å²) in [6.07, 6.45) is 1.51. The molecule has 1 N–H and O–H groups in total. The Hall–Kier alpha value is -4.02. The Morgan fingerprint density at radius 1 is 1.12 bits per heavy atom. The van der Waals surface area contributed by atoms with Gasteiger partial charge in [-0.1, -0.05) is 6.07 Å². The molecule has 166 valence electrons. The highest BCUT2D eigenvalue weighted by molar-refractivity contribution is 5.77. The Balaban J connectivity index is 1.36. The van der Waals surface area contributed by atoms with Crippen LogP contribution in [0.1, 0.15) is 6.42 Å². The summed E-state index contributed by atoms with van der Waals surface area (Å²) < 4.78 is 14.2. The average molecular weight is 440 g/mol. The molecule has 1 saturated heterocycles. The monoisotopic (exact) mass is 440 g/mol. The minimum Gasteiger partial charge on any atom is -0.368 e. The number of hydrogen-bond acceptors (Lipinski definition) is 7. The summed E-state index contributed by atoms with van der Waals surface area (Å²) in [6, 6.07) is 11.1. The molecule has 1 amide bonds. The van der Waals surface area contributed by atoms with E-state index in [0.29, 0.717) is 26.2 Å². The SMILES string of the molecule is O=C(CCNc1nc2ccccn2c(=O)c1[N+](=O)[O-])N1CCN(c2ccc(F)cc2)CC1. The van der Waals surface area contributed by atoms with E-state index < -0.39 is 16.2 Å². The highest BCUT2D eigenvalue weighted by Gasteiger charge is 2.24. The molecule has 10 nitrogen and oxygen atoms in total. The van der Waals surface area contributed by atoms with Crippen LogP contribution in [0.25, 0.3) is 5.65 Å². The lowest BCUT2D eigenvalue weighted by Gasteiger charge is -2.36. The third-order valence-corrected chi connectivity index (χ3v) is 5.35. The molecule has 0 radical (unpaired) electrons. The predicted molar refractivity (Wildman–Crippen MR) is 116 cm³/mol. The van der Waals surface area contributed by atoms with Crippen LogP contribution in [0.3, 0.4) is 0 Å². The second-order valence-corrected chi connectivity index (χ2v) is 7.32. The van der Waals surface area contributed by atoms with Crippen LogP contribution in [0.15, 0.2) is 53.5 Å². The molecular weight excluding hydrogens is 419 g/mol. The summed E-state index contributed by atoms with van der Waals surface area (Å²) in [6.45, 7) is 2.39. The molecular formula is C21H21FN6O4. The maximum atomic E-state index is 13.1. The molecule has 1 aliphatic rings. The largest absolute Gasteiger partial charge is 0.376 e. The van der Waals surface area contributed by atoms with Crippen LogP contribution in [0, 0.1) is 15.9 Å². The van der Waals surface area contributed by atoms with Crippen LogP contribution in [-0.2, 0) is 4.79 Å². The third kappa shape index (κ3) is 4.36. The molecule has 0 atom stereocenters. The number of amides is 1. The number of fused-ring (bicyclic) bond motifs is 1. The number of halogens is 1. The van der Waals surface area contributed by atoms with Crippen molar-refractivity contribution in [2.24, 2.45) is 0 Å². The zero-order chi connectivity index (χ0) is 22.7. The lowest BCUT2D eigenvalue weighted by Crippen LogP contribution is -2.49. The zero-order valence-electron chi connectivity index (χ0n) is 17.1. The van der Waals surface area contributed by atoms with Gasteiger partial charge >= 0.3 is 11.2 Å². The van der Waals surface area contributed by atoms with Gasteiger partial charge in [0.25, 0.3) is 0 Å². The summed E-state index contributed by atoms with van der Waals surface area (Å²) >= 11 is 0. The smallest absolute Gasteiger partial charge is 0.368 e. The van der Waals surface area contributed by atoms with Crippen molar-refractivity contribution in [2.45, 2.75) is 6.42 Å². The maximum absolute atomic E-state index is 13.1. The van der Waals surface area contributed by atoms with E-state index in [1.165, 1.54) is 18.3 Å². The van der Waals surface area contributed by atoms with Gasteiger partial charge in [0.05, 0.1) is 4.92 Å². The highest BCUT2D eigenvalue weighted by atomic mass is 19.1. The number of carbonyl (C=O) groups excluding carboxylic acids is 1. The van der Waals surface area contributed by atoms with Gasteiger partial charge in [-0.05, 0) is 36.4 Å². The van der Waals surface area contributed by atoms with Crippen LogP contribution >= 0.6 is 0 Å². The minimum atomic E-state index is -0.786. The molecule has 3 heterocycles. The van der Waals surface area contributed by atoms with Crippen molar-refractivity contribution in [1.82, 2.24) is 14.3 Å². The first-order valence-electron chi connectivity index (χ1n) is 10.1. The van der Waals surface area contributed by atoms with Gasteiger partial charge in [-0.3, -0.25) is 24.1 Å². The Labute approximate surface area is 182 Å². The molecule has 0 unspecified atom stereocenters. The van der Waals surface area contributed by atoms with Crippen molar-refractivity contribution in [3.63, 3.8) is 0 Å². The molecule has 32 heavy (non-hydrogen) atoms. The van der Waals surface area contributed by atoms with Gasteiger partial charge in [-0.15, -0.1) is 0 Å². The fourth-order valence-electron chi connectivity index (χ4n) is 3.68. The van der Waals surface area contributed by atoms with Gasteiger partial charge in [0.1, 0.15) is 11.5 Å². The number of hydrogen-bond donors (Lipinski definition) is 1. The normalized spacial score (nSPS) is 13.9. The Bertz CT molecular complexity index is 1210. The summed E-state index contributed by atoms with van der Waals surface area (Å²) in [5.41, 5.74) is -0.268. The number of carbonyl (C=O) groups is 1. The first-order valence-corrected chi connectivity index (χ1v) is 10.1. The first kappa shape index (κ1) is 21.2. The van der Waals surface area contributed by atoms with Crippen LogP contribution in [0.5, 0.6) is 0 Å². The second kappa shape index (κ2) is 9.00. The van der Waals surface area contributed by atoms with Gasteiger partial charge in [0.2, 0.25) is 11.7 Å². The summed E-state index contributed by atoms with van der Waals surface area (Å²) in [7, 11) is 0. The number of benzene rings is 1. The number of nitrogens with zero attached hydrogens (tertiary/aromatic N) is 5. The quantitative estimate of drug-likeness (QED) is 0.460. The minimum absolute atomic E-state index is 0.101. The third-order valence-electron chi connectivity index (χ3n) is 5.35. The lowest BCUT2D eigenvalue weighted by atomic mass is 10.2. The Morgan fingerprint density at radius 2 is 1.84 bits per heavy atom. The summed E-state index contributed by atoms with van der Waals surface area (Å²) in [4.78, 5) is 43.6. The molecule has 1 aromatic carbocycles. The van der Waals surface area contributed by atoms with E-state index >= 15 is 0 Å². The second-order valence-electron chi connectivity index (χ2n) is 7.32. The molecule has 2 aromatic heterocycles. The number of anilines is 2. The molecule has 3 aromatic rings. The van der Waals surface area contributed by atoms with Crippen LogP contribution in [0.4, 0.5) is 21.6 Å². The standard InChI is InChI=1S/C21H21FN6O4/c22-15-4-6-16(7-5-15)25-11-13-26(14-12-25)18(29)8-9-23-20-19(28(31)32)21(30)27-10-2-1-3-17(27)24-20/h1-7,10,23H,8-9,11-14H2. The van der Waals surface area contributed by atoms with Crippen LogP contribution in [0.2, 0.25) is 0 Å². The van der Waals surface area contributed by atoms with Crippen molar-refractivity contribution in [1.29, 1.82) is 0 Å². The number of nitro groups is 1. The van der Waals surface area contributed by atoms with Gasteiger partial charge in [-0.25, -0.2) is 9.37 Å². The number of piperazine rings is 1. The van der Waals surface area contributed by atoms with Crippen molar-refractivity contribution >= 4 is 28.7 Å². The molecule has 0 bridgehead atoms. The van der Waals surface area contributed by atoms with E-state index in [-0.39, 0.29) is 36.2 Å². The summed E-state index contributed by atoms with van der Waals surface area (Å²) in [5.74, 6) is -0.546. The Kier molecular flexibility index (Phi) is 5.97. The number of aromatic nitrogens is 2. The lowest BCUT2D eigenvalue weighted by molar-refractivity contribution is -0.385. The molecule has 1 fully saturated rings. The highest BCUT2D eigenvalue weighted by Crippen LogP contribution is 2.19. The fraction of sp³-hybridized carbons (Fsp3) is 0.286. The number of rotatable bonds is 6. The maximum Gasteiger partial charge on any atom is 0.376 e. The van der Waals surface area contributed by atoms with Crippen molar-refractivity contribution in [2.75, 3.05) is 42.9 Å². The molecule has 0 spiro atoms. The molecule has 0 aliphatic carbocycles. The molecule has 11 heteroatoms. The van der Waals surface area contributed by atoms with E-state index in [9.17, 15) is 24.1 Å². The molecule has 1 aliphatic heterocycles. The molecule has 4 rings (SSSR count). The predicted octanol–water partition coefficient (Wildman–Crippen LogP) is 1.89. The van der Waals surface area contributed by atoms with Crippen molar-refractivity contribution < 1.29 is 14.1 Å². The zero-order valence-corrected chi connectivity index (χ0v) is 17.1. The van der Waals surface area contributed by atoms with Gasteiger partial charge < -0.3 is 15.1 Å². The van der Waals surface area contributed by atoms with E-state index in [2.05, 4.69) is 15.2 Å². The topological polar surface area (TPSA) is 113 Å². The van der Waals surface area contributed by atoms with Crippen molar-refractivity contribution in [3.8, 4) is 0 Å². The van der Waals surface area contributed by atoms with Gasteiger partial charge in [0, 0.05) is 51.0 Å². The van der Waals surface area contributed by atoms with Crippen LogP contribution < -0.4 is 15.8 Å². The first-order chi connectivity index (χ1) is 15.4. The average Bonchev–Trinajstić information content (AvgIpc) is 2.79. The molecule has 0 saturated carbocycles. The number of pyridine rings is 1. The van der Waals surface area contributed by atoms with E-state index in [1.54, 1.807) is 35.2 Å². The van der Waals surface area contributed by atoms with E-state index in [1.807, 2.05) is 0 Å². The fourth-order valence-corrected chi connectivity index (χ4v) is 3.68. The van der Waals surface area contributed by atoms with Gasteiger partial charge in [0.15, 0.2) is 0 Å². The summed E-state index contributed by atoms with van der Waals surface area (Å²) in [5, 5.41) is 14.2. The van der Waals surface area contributed by atoms with Crippen LogP contribution in [-0.4, -0.2) is 57.8 Å².